The Bertz CT molecular complexity index is 825. The number of nitrogens with one attached hydrogen (secondary N) is 1. The molecule has 6 heteroatoms. The lowest BCUT2D eigenvalue weighted by atomic mass is 9.71. The van der Waals surface area contributed by atoms with Gasteiger partial charge in [-0.25, -0.2) is 0 Å². The number of carbonyl (C=O) groups is 1. The Hall–Kier alpha value is -2.18. The Labute approximate surface area is 167 Å². The van der Waals surface area contributed by atoms with Crippen LogP contribution < -0.4 is 5.32 Å². The lowest BCUT2D eigenvalue weighted by Gasteiger charge is -2.51. The number of aromatic nitrogens is 2. The van der Waals surface area contributed by atoms with Gasteiger partial charge in [-0.05, 0) is 38.9 Å². The second kappa shape index (κ2) is 7.68. The maximum Gasteiger partial charge on any atom is 0.251 e. The quantitative estimate of drug-likeness (QED) is 0.832. The van der Waals surface area contributed by atoms with Crippen LogP contribution >= 0.6 is 0 Å². The Morgan fingerprint density at radius 3 is 2.68 bits per heavy atom. The Kier molecular flexibility index (Phi) is 5.25. The second-order valence-corrected chi connectivity index (χ2v) is 8.55. The van der Waals surface area contributed by atoms with Crippen molar-refractivity contribution in [2.45, 2.75) is 26.9 Å². The van der Waals surface area contributed by atoms with E-state index in [0.29, 0.717) is 11.3 Å². The van der Waals surface area contributed by atoms with Gasteiger partial charge >= 0.3 is 0 Å². The first-order chi connectivity index (χ1) is 13.5. The lowest BCUT2D eigenvalue weighted by molar-refractivity contribution is -0.0261. The number of amides is 1. The summed E-state index contributed by atoms with van der Waals surface area (Å²) in [7, 11) is 2.19. The molecular formula is C22H31N5O. The Morgan fingerprint density at radius 2 is 2.00 bits per heavy atom. The fourth-order valence-electron chi connectivity index (χ4n) is 5.00. The Morgan fingerprint density at radius 1 is 1.25 bits per heavy atom. The molecular weight excluding hydrogens is 350 g/mol. The highest BCUT2D eigenvalue weighted by molar-refractivity contribution is 5.94. The fourth-order valence-corrected chi connectivity index (χ4v) is 5.00. The lowest BCUT2D eigenvalue weighted by Crippen LogP contribution is -2.61. The molecule has 150 valence electrons. The average Bonchev–Trinajstić information content (AvgIpc) is 3.20. The number of likely N-dealkylation sites (tertiary alicyclic amines) is 2. The van der Waals surface area contributed by atoms with Gasteiger partial charge in [0, 0.05) is 68.0 Å². The van der Waals surface area contributed by atoms with Gasteiger partial charge in [0.1, 0.15) is 0 Å². The van der Waals surface area contributed by atoms with Gasteiger partial charge in [0.15, 0.2) is 0 Å². The third kappa shape index (κ3) is 3.59. The molecule has 1 amide bonds. The average molecular weight is 382 g/mol. The molecule has 4 rings (SSSR count). The van der Waals surface area contributed by atoms with Gasteiger partial charge in [0.25, 0.3) is 5.91 Å². The van der Waals surface area contributed by atoms with Crippen LogP contribution in [0.5, 0.6) is 0 Å². The number of rotatable bonds is 6. The van der Waals surface area contributed by atoms with Crippen LogP contribution in [-0.4, -0.2) is 65.3 Å². The normalized spacial score (nSPS) is 21.8. The summed E-state index contributed by atoms with van der Waals surface area (Å²) < 4.78 is 2.07. The van der Waals surface area contributed by atoms with Crippen molar-refractivity contribution < 1.29 is 4.79 Å². The van der Waals surface area contributed by atoms with E-state index >= 15 is 0 Å². The predicted molar refractivity (Wildman–Crippen MR) is 110 cm³/mol. The van der Waals surface area contributed by atoms with Crippen LogP contribution in [0.3, 0.4) is 0 Å². The zero-order valence-corrected chi connectivity index (χ0v) is 17.2. The summed E-state index contributed by atoms with van der Waals surface area (Å²) in [5.41, 5.74) is 3.64. The van der Waals surface area contributed by atoms with Crippen molar-refractivity contribution in [3.8, 4) is 0 Å². The molecule has 6 nitrogen and oxygen atoms in total. The number of hydrogen-bond acceptors (Lipinski definition) is 4. The second-order valence-electron chi connectivity index (χ2n) is 8.55. The van der Waals surface area contributed by atoms with Crippen LogP contribution in [0.1, 0.15) is 28.5 Å². The number of hydrogen-bond donors (Lipinski definition) is 1. The third-order valence-corrected chi connectivity index (χ3v) is 6.50. The zero-order valence-electron chi connectivity index (χ0n) is 17.2. The highest BCUT2D eigenvalue weighted by Gasteiger charge is 2.52. The molecule has 1 atom stereocenters. The molecule has 28 heavy (non-hydrogen) atoms. The highest BCUT2D eigenvalue weighted by atomic mass is 16.1. The molecule has 0 saturated carbocycles. The third-order valence-electron chi connectivity index (χ3n) is 6.50. The van der Waals surface area contributed by atoms with E-state index in [1.54, 1.807) is 0 Å². The van der Waals surface area contributed by atoms with E-state index in [4.69, 9.17) is 0 Å². The summed E-state index contributed by atoms with van der Waals surface area (Å²) in [5, 5.41) is 7.65. The van der Waals surface area contributed by atoms with E-state index in [9.17, 15) is 4.79 Å². The van der Waals surface area contributed by atoms with Crippen LogP contribution in [0.25, 0.3) is 0 Å². The summed E-state index contributed by atoms with van der Waals surface area (Å²) in [6, 6.07) is 9.50. The standard InChI is InChI=1S/C22H31N5O/c1-4-27-17(2)19(10-24-27)12-26-15-22(16-26)14-25(3)13-20(22)11-23-21(28)18-8-6-5-7-9-18/h5-10,20H,4,11-16H2,1-3H3,(H,23,28). The van der Waals surface area contributed by atoms with E-state index in [1.807, 2.05) is 36.5 Å². The van der Waals surface area contributed by atoms with Crippen LogP contribution in [-0.2, 0) is 13.1 Å². The van der Waals surface area contributed by atoms with Gasteiger partial charge in [0.05, 0.1) is 6.20 Å². The molecule has 1 spiro atoms. The minimum Gasteiger partial charge on any atom is -0.352 e. The number of benzene rings is 1. The van der Waals surface area contributed by atoms with Gasteiger partial charge in [0.2, 0.25) is 0 Å². The van der Waals surface area contributed by atoms with Gasteiger partial charge in [-0.15, -0.1) is 0 Å². The van der Waals surface area contributed by atoms with Crippen LogP contribution in [0.15, 0.2) is 36.5 Å². The van der Waals surface area contributed by atoms with Crippen LogP contribution in [0.4, 0.5) is 0 Å². The van der Waals surface area contributed by atoms with Crippen molar-refractivity contribution in [3.05, 3.63) is 53.3 Å². The minimum absolute atomic E-state index is 0.0316. The highest BCUT2D eigenvalue weighted by Crippen LogP contribution is 2.43. The van der Waals surface area contributed by atoms with Crippen molar-refractivity contribution in [1.29, 1.82) is 0 Å². The molecule has 2 aliphatic rings. The SMILES string of the molecule is CCn1ncc(CN2CC3(CN(C)CC3CNC(=O)c3ccccc3)C2)c1C. The molecule has 2 saturated heterocycles. The molecule has 1 N–H and O–H groups in total. The molecule has 0 aliphatic carbocycles. The molecule has 1 aromatic heterocycles. The monoisotopic (exact) mass is 381 g/mol. The van der Waals surface area contributed by atoms with Crippen LogP contribution in [0, 0.1) is 18.3 Å². The summed E-state index contributed by atoms with van der Waals surface area (Å²) >= 11 is 0. The molecule has 0 bridgehead atoms. The summed E-state index contributed by atoms with van der Waals surface area (Å²) in [4.78, 5) is 17.4. The van der Waals surface area contributed by atoms with E-state index in [1.165, 1.54) is 11.3 Å². The van der Waals surface area contributed by atoms with E-state index in [2.05, 4.69) is 45.8 Å². The summed E-state index contributed by atoms with van der Waals surface area (Å²) in [6.45, 7) is 11.3. The molecule has 0 radical (unpaired) electrons. The van der Waals surface area contributed by atoms with E-state index in [-0.39, 0.29) is 5.91 Å². The van der Waals surface area contributed by atoms with Crippen molar-refractivity contribution in [1.82, 2.24) is 24.9 Å². The van der Waals surface area contributed by atoms with Crippen molar-refractivity contribution >= 4 is 5.91 Å². The topological polar surface area (TPSA) is 53.4 Å². The molecule has 2 aromatic rings. The Balaban J connectivity index is 1.35. The first-order valence-electron chi connectivity index (χ1n) is 10.3. The van der Waals surface area contributed by atoms with E-state index < -0.39 is 0 Å². The minimum atomic E-state index is 0.0316. The molecule has 3 heterocycles. The largest absolute Gasteiger partial charge is 0.352 e. The van der Waals surface area contributed by atoms with Gasteiger partial charge in [-0.2, -0.15) is 5.10 Å². The molecule has 1 aromatic carbocycles. The summed E-state index contributed by atoms with van der Waals surface area (Å²) in [5.74, 6) is 0.532. The van der Waals surface area contributed by atoms with Gasteiger partial charge in [-0.3, -0.25) is 14.4 Å². The van der Waals surface area contributed by atoms with Crippen LogP contribution in [0.2, 0.25) is 0 Å². The van der Waals surface area contributed by atoms with Crippen molar-refractivity contribution in [3.63, 3.8) is 0 Å². The van der Waals surface area contributed by atoms with Crippen molar-refractivity contribution in [2.75, 3.05) is 39.8 Å². The summed E-state index contributed by atoms with van der Waals surface area (Å²) in [6.07, 6.45) is 2.02. The van der Waals surface area contributed by atoms with Crippen molar-refractivity contribution in [2.24, 2.45) is 11.3 Å². The maximum atomic E-state index is 12.4. The number of nitrogens with zero attached hydrogens (tertiary/aromatic N) is 4. The van der Waals surface area contributed by atoms with Gasteiger partial charge in [-0.1, -0.05) is 18.2 Å². The first kappa shape index (κ1) is 19.2. The number of aryl methyl sites for hydroxylation is 1. The predicted octanol–water partition coefficient (Wildman–Crippen LogP) is 2.01. The van der Waals surface area contributed by atoms with Gasteiger partial charge < -0.3 is 10.2 Å². The maximum absolute atomic E-state index is 12.4. The smallest absolute Gasteiger partial charge is 0.251 e. The van der Waals surface area contributed by atoms with E-state index in [0.717, 1.165) is 51.4 Å². The first-order valence-corrected chi connectivity index (χ1v) is 10.3. The zero-order chi connectivity index (χ0) is 19.7. The molecule has 2 fully saturated rings. The molecule has 2 aliphatic heterocycles. The number of carbonyl (C=O) groups excluding carboxylic acids is 1. The molecule has 1 unspecified atom stereocenters. The fraction of sp³-hybridized carbons (Fsp3) is 0.545.